The van der Waals surface area contributed by atoms with E-state index in [1.807, 2.05) is 6.07 Å². The van der Waals surface area contributed by atoms with Crippen molar-refractivity contribution in [2.45, 2.75) is 31.7 Å². The molecule has 1 N–H and O–H groups in total. The van der Waals surface area contributed by atoms with Crippen molar-refractivity contribution in [1.82, 2.24) is 5.32 Å². The topological polar surface area (TPSA) is 66.5 Å². The SMILES string of the molecule is CS(=O)(=O)N(CCCC(=O)NC1CC1)c1ccccc1. The number of sulfonamides is 1. The number of para-hydroxylation sites is 1. The van der Waals surface area contributed by atoms with E-state index in [-0.39, 0.29) is 5.91 Å². The average Bonchev–Trinajstić information content (AvgIpc) is 3.18. The lowest BCUT2D eigenvalue weighted by molar-refractivity contribution is -0.121. The molecule has 1 aliphatic carbocycles. The maximum absolute atomic E-state index is 11.8. The Balaban J connectivity index is 1.90. The number of rotatable bonds is 7. The van der Waals surface area contributed by atoms with Crippen molar-refractivity contribution in [3.8, 4) is 0 Å². The number of carbonyl (C=O) groups is 1. The summed E-state index contributed by atoms with van der Waals surface area (Å²) in [6, 6.07) is 9.30. The second-order valence-corrected chi connectivity index (χ2v) is 7.02. The van der Waals surface area contributed by atoms with Gasteiger partial charge >= 0.3 is 0 Å². The monoisotopic (exact) mass is 296 g/mol. The lowest BCUT2D eigenvalue weighted by Gasteiger charge is -2.22. The van der Waals surface area contributed by atoms with Gasteiger partial charge < -0.3 is 5.32 Å². The number of amides is 1. The molecule has 1 aromatic rings. The van der Waals surface area contributed by atoms with E-state index in [9.17, 15) is 13.2 Å². The molecule has 1 saturated carbocycles. The standard InChI is InChI=1S/C14H20N2O3S/c1-20(18,19)16(13-6-3-2-4-7-13)11-5-8-14(17)15-12-9-10-12/h2-4,6-7,12H,5,8-11H2,1H3,(H,15,17). The van der Waals surface area contributed by atoms with Crippen molar-refractivity contribution in [3.05, 3.63) is 30.3 Å². The molecule has 20 heavy (non-hydrogen) atoms. The highest BCUT2D eigenvalue weighted by atomic mass is 32.2. The van der Waals surface area contributed by atoms with Crippen LogP contribution in [0.4, 0.5) is 5.69 Å². The first-order valence-corrected chi connectivity index (χ1v) is 8.64. The Labute approximate surface area is 120 Å². The molecule has 110 valence electrons. The number of hydrogen-bond acceptors (Lipinski definition) is 3. The molecule has 5 nitrogen and oxygen atoms in total. The van der Waals surface area contributed by atoms with Gasteiger partial charge in [0.2, 0.25) is 15.9 Å². The van der Waals surface area contributed by atoms with E-state index in [2.05, 4.69) is 5.32 Å². The van der Waals surface area contributed by atoms with Crippen LogP contribution in [0.3, 0.4) is 0 Å². The number of benzene rings is 1. The summed E-state index contributed by atoms with van der Waals surface area (Å²) >= 11 is 0. The van der Waals surface area contributed by atoms with Gasteiger partial charge in [-0.2, -0.15) is 0 Å². The van der Waals surface area contributed by atoms with Crippen LogP contribution in [0.2, 0.25) is 0 Å². The van der Waals surface area contributed by atoms with Gasteiger partial charge in [0.1, 0.15) is 0 Å². The Bertz CT molecular complexity index is 553. The Kier molecular flexibility index (Phi) is 4.65. The molecular weight excluding hydrogens is 276 g/mol. The molecule has 6 heteroatoms. The van der Waals surface area contributed by atoms with Crippen LogP contribution in [-0.2, 0) is 14.8 Å². The normalized spacial score (nSPS) is 14.8. The van der Waals surface area contributed by atoms with Gasteiger partial charge in [-0.25, -0.2) is 8.42 Å². The van der Waals surface area contributed by atoms with E-state index >= 15 is 0 Å². The number of nitrogens with zero attached hydrogens (tertiary/aromatic N) is 1. The number of anilines is 1. The molecule has 0 unspecified atom stereocenters. The third-order valence-corrected chi connectivity index (χ3v) is 4.35. The third kappa shape index (κ3) is 4.52. The van der Waals surface area contributed by atoms with Gasteiger partial charge in [-0.05, 0) is 31.4 Å². The number of carbonyl (C=O) groups excluding carboxylic acids is 1. The highest BCUT2D eigenvalue weighted by Crippen LogP contribution is 2.19. The fourth-order valence-corrected chi connectivity index (χ4v) is 2.96. The Hall–Kier alpha value is -1.56. The zero-order valence-electron chi connectivity index (χ0n) is 11.6. The van der Waals surface area contributed by atoms with Crippen LogP contribution >= 0.6 is 0 Å². The highest BCUT2D eigenvalue weighted by molar-refractivity contribution is 7.92. The first kappa shape index (κ1) is 14.8. The first-order chi connectivity index (χ1) is 9.47. The van der Waals surface area contributed by atoms with Crippen LogP contribution in [-0.4, -0.2) is 33.2 Å². The minimum Gasteiger partial charge on any atom is -0.353 e. The predicted octanol–water partition coefficient (Wildman–Crippen LogP) is 1.51. The lowest BCUT2D eigenvalue weighted by atomic mass is 10.2. The Morgan fingerprint density at radius 2 is 1.95 bits per heavy atom. The second-order valence-electron chi connectivity index (χ2n) is 5.12. The highest BCUT2D eigenvalue weighted by Gasteiger charge is 2.23. The summed E-state index contributed by atoms with van der Waals surface area (Å²) in [5.74, 6) is 0.00835. The van der Waals surface area contributed by atoms with Gasteiger partial charge in [0.15, 0.2) is 0 Å². The quantitative estimate of drug-likeness (QED) is 0.829. The zero-order valence-corrected chi connectivity index (χ0v) is 12.4. The van der Waals surface area contributed by atoms with Crippen molar-refractivity contribution in [2.24, 2.45) is 0 Å². The fraction of sp³-hybridized carbons (Fsp3) is 0.500. The zero-order chi connectivity index (χ0) is 14.6. The molecule has 0 aliphatic heterocycles. The third-order valence-electron chi connectivity index (χ3n) is 3.15. The summed E-state index contributed by atoms with van der Waals surface area (Å²) in [7, 11) is -3.32. The molecule has 0 spiro atoms. The summed E-state index contributed by atoms with van der Waals surface area (Å²) < 4.78 is 25.0. The van der Waals surface area contributed by atoms with Crippen molar-refractivity contribution in [2.75, 3.05) is 17.1 Å². The largest absolute Gasteiger partial charge is 0.353 e. The molecule has 0 bridgehead atoms. The smallest absolute Gasteiger partial charge is 0.232 e. The van der Waals surface area contributed by atoms with Crippen LogP contribution in [0, 0.1) is 0 Å². The summed E-state index contributed by atoms with van der Waals surface area (Å²) in [4.78, 5) is 11.6. The van der Waals surface area contributed by atoms with E-state index in [4.69, 9.17) is 0 Å². The summed E-state index contributed by atoms with van der Waals surface area (Å²) in [5.41, 5.74) is 0.637. The molecule has 1 fully saturated rings. The maximum Gasteiger partial charge on any atom is 0.232 e. The molecule has 0 saturated heterocycles. The van der Waals surface area contributed by atoms with Crippen molar-refractivity contribution < 1.29 is 13.2 Å². The summed E-state index contributed by atoms with van der Waals surface area (Å²) in [5, 5.41) is 2.90. The van der Waals surface area contributed by atoms with Crippen LogP contribution in [0.25, 0.3) is 0 Å². The molecule has 0 heterocycles. The van der Waals surface area contributed by atoms with Gasteiger partial charge in [-0.15, -0.1) is 0 Å². The van der Waals surface area contributed by atoms with E-state index in [1.54, 1.807) is 24.3 Å². The Morgan fingerprint density at radius 3 is 2.50 bits per heavy atom. The van der Waals surface area contributed by atoms with Crippen LogP contribution < -0.4 is 9.62 Å². The summed E-state index contributed by atoms with van der Waals surface area (Å²) in [6.45, 7) is 0.320. The molecule has 1 amide bonds. The number of nitrogens with one attached hydrogen (secondary N) is 1. The number of hydrogen-bond donors (Lipinski definition) is 1. The maximum atomic E-state index is 11.8. The van der Waals surface area contributed by atoms with Crippen LogP contribution in [0.1, 0.15) is 25.7 Å². The summed E-state index contributed by atoms with van der Waals surface area (Å²) in [6.07, 6.45) is 4.18. The predicted molar refractivity (Wildman–Crippen MR) is 79.0 cm³/mol. The van der Waals surface area contributed by atoms with Crippen molar-refractivity contribution in [3.63, 3.8) is 0 Å². The van der Waals surface area contributed by atoms with Gasteiger partial charge in [0, 0.05) is 19.0 Å². The first-order valence-electron chi connectivity index (χ1n) is 6.79. The molecule has 1 aliphatic rings. The average molecular weight is 296 g/mol. The molecule has 0 atom stereocenters. The van der Waals surface area contributed by atoms with E-state index in [1.165, 1.54) is 10.6 Å². The lowest BCUT2D eigenvalue weighted by Crippen LogP contribution is -2.32. The van der Waals surface area contributed by atoms with Gasteiger partial charge in [0.05, 0.1) is 11.9 Å². The van der Waals surface area contributed by atoms with Gasteiger partial charge in [-0.1, -0.05) is 18.2 Å². The second kappa shape index (κ2) is 6.26. The van der Waals surface area contributed by atoms with Crippen LogP contribution in [0.5, 0.6) is 0 Å². The van der Waals surface area contributed by atoms with E-state index in [0.717, 1.165) is 12.8 Å². The van der Waals surface area contributed by atoms with Gasteiger partial charge in [0.25, 0.3) is 0 Å². The molecule has 2 rings (SSSR count). The van der Waals surface area contributed by atoms with E-state index < -0.39 is 10.0 Å². The molecule has 0 radical (unpaired) electrons. The fourth-order valence-electron chi connectivity index (χ4n) is 1.99. The molecular formula is C14H20N2O3S. The molecule has 1 aromatic carbocycles. The molecule has 0 aromatic heterocycles. The van der Waals surface area contributed by atoms with E-state index in [0.29, 0.717) is 31.1 Å². The minimum absolute atomic E-state index is 0.00835. The van der Waals surface area contributed by atoms with Crippen molar-refractivity contribution in [1.29, 1.82) is 0 Å². The minimum atomic E-state index is -3.32. The van der Waals surface area contributed by atoms with Crippen LogP contribution in [0.15, 0.2) is 30.3 Å². The van der Waals surface area contributed by atoms with Crippen molar-refractivity contribution >= 4 is 21.6 Å². The van der Waals surface area contributed by atoms with Gasteiger partial charge in [-0.3, -0.25) is 9.10 Å². The Morgan fingerprint density at radius 1 is 1.30 bits per heavy atom.